The van der Waals surface area contributed by atoms with E-state index in [1.54, 1.807) is 11.3 Å². The molecule has 0 radical (unpaired) electrons. The van der Waals surface area contributed by atoms with E-state index in [0.29, 0.717) is 12.6 Å². The third kappa shape index (κ3) is 2.86. The van der Waals surface area contributed by atoms with Crippen LogP contribution in [0.3, 0.4) is 0 Å². The number of nitrogens with zero attached hydrogens (tertiary/aromatic N) is 1. The first-order valence-electron chi connectivity index (χ1n) is 7.16. The number of aryl methyl sites for hydroxylation is 2. The second-order valence-corrected chi connectivity index (χ2v) is 6.22. The summed E-state index contributed by atoms with van der Waals surface area (Å²) in [5, 5.41) is 6.68. The van der Waals surface area contributed by atoms with Crippen molar-refractivity contribution in [3.05, 3.63) is 45.4 Å². The van der Waals surface area contributed by atoms with Gasteiger partial charge in [-0.2, -0.15) is 0 Å². The third-order valence-corrected chi connectivity index (χ3v) is 4.52. The SMILES string of the molecule is CCNC1CCc2cc(OCc3csc(C)n3)ccc21. The number of rotatable bonds is 5. The van der Waals surface area contributed by atoms with Gasteiger partial charge in [-0.25, -0.2) is 4.98 Å². The predicted octanol–water partition coefficient (Wildman–Crippen LogP) is 3.63. The Bertz CT molecular complexity index is 594. The second-order valence-electron chi connectivity index (χ2n) is 5.16. The summed E-state index contributed by atoms with van der Waals surface area (Å²) in [5.74, 6) is 0.951. The number of nitrogens with one attached hydrogen (secondary N) is 1. The van der Waals surface area contributed by atoms with Crippen molar-refractivity contribution in [2.45, 2.75) is 39.3 Å². The maximum Gasteiger partial charge on any atom is 0.131 e. The fraction of sp³-hybridized carbons (Fsp3) is 0.438. The van der Waals surface area contributed by atoms with E-state index in [1.165, 1.54) is 17.5 Å². The molecule has 1 aliphatic rings. The normalized spacial score (nSPS) is 17.2. The number of hydrogen-bond donors (Lipinski definition) is 1. The Kier molecular flexibility index (Phi) is 4.03. The number of aromatic nitrogens is 1. The van der Waals surface area contributed by atoms with Crippen molar-refractivity contribution in [3.63, 3.8) is 0 Å². The zero-order valence-corrected chi connectivity index (χ0v) is 12.8. The molecule has 1 aromatic heterocycles. The fourth-order valence-electron chi connectivity index (χ4n) is 2.77. The molecule has 1 unspecified atom stereocenters. The molecule has 4 heteroatoms. The molecule has 0 amide bonds. The van der Waals surface area contributed by atoms with Gasteiger partial charge in [-0.3, -0.25) is 0 Å². The molecule has 20 heavy (non-hydrogen) atoms. The van der Waals surface area contributed by atoms with E-state index in [2.05, 4.69) is 40.8 Å². The summed E-state index contributed by atoms with van der Waals surface area (Å²) < 4.78 is 5.85. The van der Waals surface area contributed by atoms with Gasteiger partial charge in [0, 0.05) is 11.4 Å². The smallest absolute Gasteiger partial charge is 0.131 e. The van der Waals surface area contributed by atoms with E-state index in [4.69, 9.17) is 4.74 Å². The van der Waals surface area contributed by atoms with Gasteiger partial charge in [0.15, 0.2) is 0 Å². The number of fused-ring (bicyclic) bond motifs is 1. The van der Waals surface area contributed by atoms with Crippen molar-refractivity contribution < 1.29 is 4.74 Å². The van der Waals surface area contributed by atoms with E-state index in [-0.39, 0.29) is 0 Å². The summed E-state index contributed by atoms with van der Waals surface area (Å²) in [6, 6.07) is 6.99. The third-order valence-electron chi connectivity index (χ3n) is 3.70. The highest BCUT2D eigenvalue weighted by Gasteiger charge is 2.21. The average Bonchev–Trinajstić information content (AvgIpc) is 3.04. The molecule has 2 aromatic rings. The topological polar surface area (TPSA) is 34.1 Å². The molecule has 0 saturated carbocycles. The van der Waals surface area contributed by atoms with Crippen molar-refractivity contribution in [1.29, 1.82) is 0 Å². The van der Waals surface area contributed by atoms with E-state index < -0.39 is 0 Å². The van der Waals surface area contributed by atoms with Crippen LogP contribution < -0.4 is 10.1 Å². The highest BCUT2D eigenvalue weighted by Crippen LogP contribution is 2.33. The van der Waals surface area contributed by atoms with E-state index in [9.17, 15) is 0 Å². The molecule has 0 fully saturated rings. The largest absolute Gasteiger partial charge is 0.487 e. The summed E-state index contributed by atoms with van der Waals surface area (Å²) >= 11 is 1.67. The van der Waals surface area contributed by atoms with Crippen LogP contribution in [0.1, 0.15) is 41.2 Å². The van der Waals surface area contributed by atoms with Gasteiger partial charge in [0.05, 0.1) is 10.7 Å². The summed E-state index contributed by atoms with van der Waals surface area (Å²) in [6.45, 7) is 5.75. The van der Waals surface area contributed by atoms with Crippen molar-refractivity contribution in [3.8, 4) is 5.75 Å². The zero-order chi connectivity index (χ0) is 13.9. The van der Waals surface area contributed by atoms with Crippen molar-refractivity contribution >= 4 is 11.3 Å². The molecular weight excluding hydrogens is 268 g/mol. The molecule has 3 nitrogen and oxygen atoms in total. The lowest BCUT2D eigenvalue weighted by Gasteiger charge is -2.13. The molecular formula is C16H20N2OS. The van der Waals surface area contributed by atoms with Crippen LogP contribution in [0, 0.1) is 6.92 Å². The number of benzene rings is 1. The van der Waals surface area contributed by atoms with Crippen LogP contribution in [-0.4, -0.2) is 11.5 Å². The summed E-state index contributed by atoms with van der Waals surface area (Å²) in [5.41, 5.74) is 3.87. The highest BCUT2D eigenvalue weighted by atomic mass is 32.1. The predicted molar refractivity (Wildman–Crippen MR) is 82.4 cm³/mol. The van der Waals surface area contributed by atoms with Crippen molar-refractivity contribution in [2.75, 3.05) is 6.54 Å². The van der Waals surface area contributed by atoms with E-state index >= 15 is 0 Å². The number of hydrogen-bond acceptors (Lipinski definition) is 4. The van der Waals surface area contributed by atoms with Gasteiger partial charge in [-0.05, 0) is 49.6 Å². The molecule has 0 aliphatic heterocycles. The standard InChI is InChI=1S/C16H20N2OS/c1-3-17-16-7-4-12-8-14(5-6-15(12)16)19-9-13-10-20-11(2)18-13/h5-6,8,10,16-17H,3-4,7,9H2,1-2H3. The first-order chi connectivity index (χ1) is 9.76. The molecule has 106 valence electrons. The molecule has 1 N–H and O–H groups in total. The minimum Gasteiger partial charge on any atom is -0.487 e. The first-order valence-corrected chi connectivity index (χ1v) is 8.04. The Balaban J connectivity index is 1.67. The molecule has 0 bridgehead atoms. The monoisotopic (exact) mass is 288 g/mol. The van der Waals surface area contributed by atoms with Crippen LogP contribution in [0.5, 0.6) is 5.75 Å². The fourth-order valence-corrected chi connectivity index (χ4v) is 3.37. The molecule has 1 atom stereocenters. The van der Waals surface area contributed by atoms with Crippen LogP contribution >= 0.6 is 11.3 Å². The minimum atomic E-state index is 0.519. The summed E-state index contributed by atoms with van der Waals surface area (Å²) in [6.07, 6.45) is 2.33. The van der Waals surface area contributed by atoms with Gasteiger partial charge in [-0.1, -0.05) is 13.0 Å². The van der Waals surface area contributed by atoms with Crippen LogP contribution in [-0.2, 0) is 13.0 Å². The van der Waals surface area contributed by atoms with Gasteiger partial charge in [0.2, 0.25) is 0 Å². The van der Waals surface area contributed by atoms with E-state index in [1.807, 2.05) is 6.92 Å². The van der Waals surface area contributed by atoms with Crippen LogP contribution in [0.4, 0.5) is 0 Å². The quantitative estimate of drug-likeness (QED) is 0.912. The molecule has 0 spiro atoms. The first kappa shape index (κ1) is 13.6. The van der Waals surface area contributed by atoms with Crippen LogP contribution in [0.25, 0.3) is 0 Å². The average molecular weight is 288 g/mol. The maximum atomic E-state index is 5.85. The van der Waals surface area contributed by atoms with Crippen molar-refractivity contribution in [1.82, 2.24) is 10.3 Å². The summed E-state index contributed by atoms with van der Waals surface area (Å²) in [4.78, 5) is 4.42. The lowest BCUT2D eigenvalue weighted by atomic mass is 10.1. The second kappa shape index (κ2) is 5.94. The van der Waals surface area contributed by atoms with E-state index in [0.717, 1.165) is 29.4 Å². The van der Waals surface area contributed by atoms with Gasteiger partial charge < -0.3 is 10.1 Å². The van der Waals surface area contributed by atoms with Crippen LogP contribution in [0.2, 0.25) is 0 Å². The van der Waals surface area contributed by atoms with Crippen molar-refractivity contribution in [2.24, 2.45) is 0 Å². The Morgan fingerprint density at radius 3 is 3.10 bits per heavy atom. The highest BCUT2D eigenvalue weighted by molar-refractivity contribution is 7.09. The lowest BCUT2D eigenvalue weighted by molar-refractivity contribution is 0.301. The number of ether oxygens (including phenoxy) is 1. The summed E-state index contributed by atoms with van der Waals surface area (Å²) in [7, 11) is 0. The molecule has 1 heterocycles. The van der Waals surface area contributed by atoms with Crippen LogP contribution in [0.15, 0.2) is 23.6 Å². The molecule has 1 aliphatic carbocycles. The van der Waals surface area contributed by atoms with Gasteiger partial charge in [0.1, 0.15) is 12.4 Å². The minimum absolute atomic E-state index is 0.519. The molecule has 1 aromatic carbocycles. The van der Waals surface area contributed by atoms with Gasteiger partial charge in [0.25, 0.3) is 0 Å². The molecule has 0 saturated heterocycles. The van der Waals surface area contributed by atoms with Gasteiger partial charge >= 0.3 is 0 Å². The maximum absolute atomic E-state index is 5.85. The Hall–Kier alpha value is -1.39. The number of thiazole rings is 1. The zero-order valence-electron chi connectivity index (χ0n) is 12.0. The Labute approximate surface area is 124 Å². The Morgan fingerprint density at radius 1 is 1.45 bits per heavy atom. The Morgan fingerprint density at radius 2 is 2.35 bits per heavy atom. The van der Waals surface area contributed by atoms with Gasteiger partial charge in [-0.15, -0.1) is 11.3 Å². The lowest BCUT2D eigenvalue weighted by Crippen LogP contribution is -2.18. The molecule has 3 rings (SSSR count).